The number of nitrogens with zero attached hydrogens (tertiary/aromatic N) is 1. The maximum atomic E-state index is 11.7. The lowest BCUT2D eigenvalue weighted by Gasteiger charge is -2.33. The predicted octanol–water partition coefficient (Wildman–Crippen LogP) is 2.65. The van der Waals surface area contributed by atoms with Gasteiger partial charge in [-0.15, -0.1) is 0 Å². The van der Waals surface area contributed by atoms with Crippen molar-refractivity contribution < 1.29 is 14.6 Å². The Hall–Kier alpha value is -1.75. The fourth-order valence-corrected chi connectivity index (χ4v) is 3.09. The number of esters is 1. The van der Waals surface area contributed by atoms with Crippen LogP contribution in [0.25, 0.3) is 0 Å². The minimum atomic E-state index is -0.751. The number of aliphatic hydroxyl groups is 1. The maximum Gasteiger partial charge on any atom is 0.330 e. The first-order chi connectivity index (χ1) is 11.0. The molecular weight excluding hydrogens is 292 g/mol. The molecule has 1 aromatic carbocycles. The van der Waals surface area contributed by atoms with Crippen molar-refractivity contribution in [2.45, 2.75) is 38.6 Å². The Morgan fingerprint density at radius 3 is 2.43 bits per heavy atom. The van der Waals surface area contributed by atoms with Crippen molar-refractivity contribution in [1.82, 2.24) is 0 Å². The Morgan fingerprint density at radius 1 is 1.30 bits per heavy atom. The van der Waals surface area contributed by atoms with Crippen LogP contribution in [0, 0.1) is 5.92 Å². The van der Waals surface area contributed by atoms with Gasteiger partial charge in [-0.05, 0) is 63.3 Å². The molecule has 0 amide bonds. The normalized spacial score (nSPS) is 16.3. The van der Waals surface area contributed by atoms with Crippen LogP contribution in [0.2, 0.25) is 0 Å². The van der Waals surface area contributed by atoms with Gasteiger partial charge < -0.3 is 20.1 Å². The lowest BCUT2D eigenvalue weighted by atomic mass is 9.93. The molecule has 5 heteroatoms. The van der Waals surface area contributed by atoms with Crippen molar-refractivity contribution in [3.63, 3.8) is 0 Å². The number of benzene rings is 1. The summed E-state index contributed by atoms with van der Waals surface area (Å²) in [5.74, 6) is 0.366. The quantitative estimate of drug-likeness (QED) is 0.789. The number of hydrogen-bond donors (Lipinski definition) is 2. The third-order valence-electron chi connectivity index (χ3n) is 4.54. The van der Waals surface area contributed by atoms with E-state index in [9.17, 15) is 4.79 Å². The molecule has 1 aliphatic rings. The Kier molecular flexibility index (Phi) is 5.88. The second-order valence-electron chi connectivity index (χ2n) is 6.73. The summed E-state index contributed by atoms with van der Waals surface area (Å²) in [7, 11) is 1.40. The highest BCUT2D eigenvalue weighted by Gasteiger charge is 2.28. The zero-order valence-corrected chi connectivity index (χ0v) is 14.3. The van der Waals surface area contributed by atoms with E-state index in [1.54, 1.807) is 13.8 Å². The lowest BCUT2D eigenvalue weighted by Crippen LogP contribution is -2.41. The average Bonchev–Trinajstić information content (AvgIpc) is 2.55. The molecule has 5 nitrogen and oxygen atoms in total. The zero-order chi connectivity index (χ0) is 16.9. The van der Waals surface area contributed by atoms with Gasteiger partial charge in [0, 0.05) is 31.1 Å². The van der Waals surface area contributed by atoms with Crippen LogP contribution in [-0.4, -0.2) is 43.4 Å². The van der Waals surface area contributed by atoms with Gasteiger partial charge in [0.2, 0.25) is 0 Å². The van der Waals surface area contributed by atoms with Crippen LogP contribution in [0.3, 0.4) is 0 Å². The Labute approximate surface area is 138 Å². The molecular formula is C18H28N2O3. The van der Waals surface area contributed by atoms with E-state index in [4.69, 9.17) is 9.84 Å². The smallest absolute Gasteiger partial charge is 0.330 e. The number of carbonyl (C=O) groups is 1. The standard InChI is InChI=1S/C18H28N2O3/c1-18(2,17(22)23-3)19-15-4-6-16(7-5-15)20-11-8-14(9-12-20)10-13-21/h4-7,14,19,21H,8-13H2,1-3H3. The summed E-state index contributed by atoms with van der Waals surface area (Å²) >= 11 is 0. The molecule has 23 heavy (non-hydrogen) atoms. The van der Waals surface area contributed by atoms with Crippen molar-refractivity contribution in [1.29, 1.82) is 0 Å². The van der Waals surface area contributed by atoms with E-state index in [0.717, 1.165) is 38.0 Å². The summed E-state index contributed by atoms with van der Waals surface area (Å²) in [6.07, 6.45) is 3.19. The first-order valence-corrected chi connectivity index (χ1v) is 8.28. The first-order valence-electron chi connectivity index (χ1n) is 8.28. The zero-order valence-electron chi connectivity index (χ0n) is 14.3. The van der Waals surface area contributed by atoms with E-state index in [0.29, 0.717) is 12.5 Å². The van der Waals surface area contributed by atoms with Crippen LogP contribution in [0.1, 0.15) is 33.1 Å². The number of hydrogen-bond acceptors (Lipinski definition) is 5. The number of rotatable bonds is 6. The fraction of sp³-hybridized carbons (Fsp3) is 0.611. The van der Waals surface area contributed by atoms with E-state index in [-0.39, 0.29) is 5.97 Å². The summed E-state index contributed by atoms with van der Waals surface area (Å²) in [4.78, 5) is 14.1. The van der Waals surface area contributed by atoms with Crippen molar-refractivity contribution in [2.75, 3.05) is 37.0 Å². The molecule has 1 heterocycles. The van der Waals surface area contributed by atoms with Crippen molar-refractivity contribution in [2.24, 2.45) is 5.92 Å². The number of nitrogens with one attached hydrogen (secondary N) is 1. The van der Waals surface area contributed by atoms with Gasteiger partial charge in [-0.1, -0.05) is 0 Å². The van der Waals surface area contributed by atoms with E-state index in [1.807, 2.05) is 12.1 Å². The van der Waals surface area contributed by atoms with Crippen LogP contribution in [-0.2, 0) is 9.53 Å². The van der Waals surface area contributed by atoms with Gasteiger partial charge in [-0.3, -0.25) is 0 Å². The number of ether oxygens (including phenoxy) is 1. The number of anilines is 2. The molecule has 128 valence electrons. The topological polar surface area (TPSA) is 61.8 Å². The predicted molar refractivity (Wildman–Crippen MR) is 92.8 cm³/mol. The highest BCUT2D eigenvalue weighted by Crippen LogP contribution is 2.26. The second kappa shape index (κ2) is 7.68. The first kappa shape index (κ1) is 17.6. The largest absolute Gasteiger partial charge is 0.467 e. The number of carbonyl (C=O) groups excluding carboxylic acids is 1. The van der Waals surface area contributed by atoms with Crippen LogP contribution < -0.4 is 10.2 Å². The number of aliphatic hydroxyl groups excluding tert-OH is 1. The van der Waals surface area contributed by atoms with Crippen LogP contribution in [0.15, 0.2) is 24.3 Å². The van der Waals surface area contributed by atoms with E-state index >= 15 is 0 Å². The third-order valence-corrected chi connectivity index (χ3v) is 4.54. The van der Waals surface area contributed by atoms with E-state index in [2.05, 4.69) is 22.3 Å². The molecule has 0 atom stereocenters. The average molecular weight is 320 g/mol. The molecule has 2 rings (SSSR count). The Morgan fingerprint density at radius 2 is 1.91 bits per heavy atom. The van der Waals surface area contributed by atoms with Crippen molar-refractivity contribution in [3.8, 4) is 0 Å². The molecule has 0 saturated carbocycles. The molecule has 0 aliphatic carbocycles. The van der Waals surface area contributed by atoms with Gasteiger partial charge in [0.1, 0.15) is 5.54 Å². The monoisotopic (exact) mass is 320 g/mol. The van der Waals surface area contributed by atoms with Gasteiger partial charge in [-0.25, -0.2) is 4.79 Å². The molecule has 1 fully saturated rings. The van der Waals surface area contributed by atoms with E-state index in [1.165, 1.54) is 12.8 Å². The molecule has 1 aromatic rings. The van der Waals surface area contributed by atoms with Crippen LogP contribution >= 0.6 is 0 Å². The molecule has 0 unspecified atom stereocenters. The lowest BCUT2D eigenvalue weighted by molar-refractivity contribution is -0.144. The minimum absolute atomic E-state index is 0.285. The van der Waals surface area contributed by atoms with Gasteiger partial charge in [0.15, 0.2) is 0 Å². The van der Waals surface area contributed by atoms with Gasteiger partial charge >= 0.3 is 5.97 Å². The van der Waals surface area contributed by atoms with E-state index < -0.39 is 5.54 Å². The summed E-state index contributed by atoms with van der Waals surface area (Å²) in [5.41, 5.74) is 1.35. The Balaban J connectivity index is 1.94. The molecule has 1 saturated heterocycles. The molecule has 0 spiro atoms. The Bertz CT molecular complexity index is 506. The van der Waals surface area contributed by atoms with Crippen molar-refractivity contribution >= 4 is 17.3 Å². The number of methoxy groups -OCH3 is 1. The molecule has 1 aliphatic heterocycles. The fourth-order valence-electron chi connectivity index (χ4n) is 3.09. The van der Waals surface area contributed by atoms with Crippen LogP contribution in [0.5, 0.6) is 0 Å². The van der Waals surface area contributed by atoms with Gasteiger partial charge in [0.25, 0.3) is 0 Å². The second-order valence-corrected chi connectivity index (χ2v) is 6.73. The number of piperidine rings is 1. The maximum absolute atomic E-state index is 11.7. The van der Waals surface area contributed by atoms with Gasteiger partial charge in [0.05, 0.1) is 7.11 Å². The highest BCUT2D eigenvalue weighted by atomic mass is 16.5. The third kappa shape index (κ3) is 4.61. The highest BCUT2D eigenvalue weighted by molar-refractivity contribution is 5.83. The summed E-state index contributed by atoms with van der Waals surface area (Å²) in [6.45, 7) is 5.97. The minimum Gasteiger partial charge on any atom is -0.467 e. The molecule has 0 bridgehead atoms. The van der Waals surface area contributed by atoms with Crippen molar-refractivity contribution in [3.05, 3.63) is 24.3 Å². The SMILES string of the molecule is COC(=O)C(C)(C)Nc1ccc(N2CCC(CCO)CC2)cc1. The summed E-state index contributed by atoms with van der Waals surface area (Å²) < 4.78 is 4.81. The molecule has 0 aromatic heterocycles. The molecule has 2 N–H and O–H groups in total. The summed E-state index contributed by atoms with van der Waals surface area (Å²) in [6, 6.07) is 8.17. The van der Waals surface area contributed by atoms with Gasteiger partial charge in [-0.2, -0.15) is 0 Å². The molecule has 0 radical (unpaired) electrons. The summed E-state index contributed by atoms with van der Waals surface area (Å²) in [5, 5.41) is 12.2. The van der Waals surface area contributed by atoms with Crippen LogP contribution in [0.4, 0.5) is 11.4 Å².